The Morgan fingerprint density at radius 1 is 0.789 bits per heavy atom. The number of amides is 2. The van der Waals surface area contributed by atoms with Gasteiger partial charge < -0.3 is 21.7 Å². The second-order valence-corrected chi connectivity index (χ2v) is 8.83. The molecule has 38 heavy (non-hydrogen) atoms. The minimum Gasteiger partial charge on any atom is -0.384 e. The van der Waals surface area contributed by atoms with Gasteiger partial charge in [0.05, 0.1) is 6.04 Å². The van der Waals surface area contributed by atoms with Crippen LogP contribution in [0.5, 0.6) is 0 Å². The van der Waals surface area contributed by atoms with Crippen molar-refractivity contribution in [1.82, 2.24) is 16.0 Å². The lowest BCUT2D eigenvalue weighted by Gasteiger charge is -2.21. The van der Waals surface area contributed by atoms with Crippen molar-refractivity contribution in [2.75, 3.05) is 6.54 Å². The summed E-state index contributed by atoms with van der Waals surface area (Å²) in [6.45, 7) is 2.67. The van der Waals surface area contributed by atoms with E-state index in [-0.39, 0.29) is 42.5 Å². The summed E-state index contributed by atoms with van der Waals surface area (Å²) < 4.78 is 0. The van der Waals surface area contributed by atoms with Crippen LogP contribution in [0.3, 0.4) is 0 Å². The summed E-state index contributed by atoms with van der Waals surface area (Å²) >= 11 is 0. The third-order valence-electron chi connectivity index (χ3n) is 6.01. The highest BCUT2D eigenvalue weighted by Gasteiger charge is 2.22. The van der Waals surface area contributed by atoms with Gasteiger partial charge in [-0.05, 0) is 49.4 Å². The SMILES string of the molecule is CC(NC(=O)C(CCc1ccccc1)NCCc1ccccc1)C(=O)NCc1ccc(C(=N)N)cc1.Cl.Cl. The number of rotatable bonds is 13. The Balaban J connectivity index is 0.00000361. The van der Waals surface area contributed by atoms with Gasteiger partial charge in [0.2, 0.25) is 11.8 Å². The van der Waals surface area contributed by atoms with Crippen molar-refractivity contribution in [2.45, 2.75) is 44.8 Å². The minimum absolute atomic E-state index is 0. The maximum atomic E-state index is 13.1. The molecule has 0 radical (unpaired) electrons. The molecule has 204 valence electrons. The van der Waals surface area contributed by atoms with Crippen LogP contribution in [0.15, 0.2) is 84.9 Å². The van der Waals surface area contributed by atoms with Crippen LogP contribution in [-0.4, -0.2) is 36.3 Å². The molecule has 2 unspecified atom stereocenters. The molecule has 3 aromatic carbocycles. The summed E-state index contributed by atoms with van der Waals surface area (Å²) in [6, 6.07) is 26.2. The van der Waals surface area contributed by atoms with E-state index in [4.69, 9.17) is 11.1 Å². The van der Waals surface area contributed by atoms with E-state index in [1.165, 1.54) is 11.1 Å². The molecule has 3 aromatic rings. The van der Waals surface area contributed by atoms with E-state index >= 15 is 0 Å². The van der Waals surface area contributed by atoms with Crippen LogP contribution in [0.2, 0.25) is 0 Å². The van der Waals surface area contributed by atoms with E-state index in [0.29, 0.717) is 25.1 Å². The molecule has 0 bridgehead atoms. The molecule has 0 aliphatic rings. The second-order valence-electron chi connectivity index (χ2n) is 8.83. The second kappa shape index (κ2) is 17.2. The monoisotopic (exact) mass is 557 g/mol. The summed E-state index contributed by atoms with van der Waals surface area (Å²) in [5.74, 6) is -0.446. The summed E-state index contributed by atoms with van der Waals surface area (Å²) in [5, 5.41) is 16.6. The molecule has 3 rings (SSSR count). The third kappa shape index (κ3) is 10.9. The molecule has 0 spiro atoms. The number of hydrogen-bond acceptors (Lipinski definition) is 4. The molecule has 0 saturated heterocycles. The van der Waals surface area contributed by atoms with E-state index in [0.717, 1.165) is 18.4 Å². The van der Waals surface area contributed by atoms with E-state index in [9.17, 15) is 9.59 Å². The Bertz CT molecular complexity index is 1130. The fraction of sp³-hybridized carbons (Fsp3) is 0.276. The molecule has 2 amide bonds. The first-order valence-corrected chi connectivity index (χ1v) is 12.2. The van der Waals surface area contributed by atoms with Gasteiger partial charge in [-0.15, -0.1) is 24.8 Å². The van der Waals surface area contributed by atoms with E-state index < -0.39 is 12.1 Å². The zero-order valence-electron chi connectivity index (χ0n) is 21.5. The quantitative estimate of drug-likeness (QED) is 0.162. The first-order chi connectivity index (χ1) is 17.4. The summed E-state index contributed by atoms with van der Waals surface area (Å²) in [4.78, 5) is 25.7. The third-order valence-corrected chi connectivity index (χ3v) is 6.01. The summed E-state index contributed by atoms with van der Waals surface area (Å²) in [7, 11) is 0. The number of carbonyl (C=O) groups excluding carboxylic acids is 2. The molecular formula is C29H37Cl2N5O2. The van der Waals surface area contributed by atoms with Crippen LogP contribution in [0.25, 0.3) is 0 Å². The fourth-order valence-electron chi connectivity index (χ4n) is 3.84. The minimum atomic E-state index is -0.677. The number of amidine groups is 1. The Morgan fingerprint density at radius 3 is 1.89 bits per heavy atom. The Morgan fingerprint density at radius 2 is 1.34 bits per heavy atom. The fourth-order valence-corrected chi connectivity index (χ4v) is 3.84. The summed E-state index contributed by atoms with van der Waals surface area (Å²) in [6.07, 6.45) is 2.20. The lowest BCUT2D eigenvalue weighted by molar-refractivity contribution is -0.129. The van der Waals surface area contributed by atoms with Crippen LogP contribution in [-0.2, 0) is 29.0 Å². The first-order valence-electron chi connectivity index (χ1n) is 12.2. The van der Waals surface area contributed by atoms with Gasteiger partial charge >= 0.3 is 0 Å². The van der Waals surface area contributed by atoms with Gasteiger partial charge in [0, 0.05) is 12.1 Å². The van der Waals surface area contributed by atoms with Crippen molar-refractivity contribution in [3.8, 4) is 0 Å². The maximum absolute atomic E-state index is 13.1. The standard InChI is InChI=1S/C29H35N5O2.2ClH/c1-21(28(35)33-20-24-12-15-25(16-13-24)27(30)31)34-29(36)26(17-14-22-8-4-2-5-9-22)32-19-18-23-10-6-3-7-11-23;;/h2-13,15-16,21,26,32H,14,17-20H2,1H3,(H3,30,31)(H,33,35)(H,34,36);2*1H. The predicted molar refractivity (Wildman–Crippen MR) is 158 cm³/mol. The van der Waals surface area contributed by atoms with E-state index in [2.05, 4.69) is 40.2 Å². The molecular weight excluding hydrogens is 521 g/mol. The van der Waals surface area contributed by atoms with Gasteiger partial charge in [-0.1, -0.05) is 84.9 Å². The highest BCUT2D eigenvalue weighted by Crippen LogP contribution is 2.07. The molecule has 0 aliphatic heterocycles. The average molecular weight is 559 g/mol. The number of nitrogens with one attached hydrogen (secondary N) is 4. The molecule has 0 heterocycles. The normalized spacial score (nSPS) is 11.7. The highest BCUT2D eigenvalue weighted by molar-refractivity contribution is 5.95. The largest absolute Gasteiger partial charge is 0.384 e. The maximum Gasteiger partial charge on any atom is 0.242 e. The lowest BCUT2D eigenvalue weighted by Crippen LogP contribution is -2.52. The van der Waals surface area contributed by atoms with Crippen molar-refractivity contribution in [3.63, 3.8) is 0 Å². The van der Waals surface area contributed by atoms with Crippen LogP contribution in [0, 0.1) is 5.41 Å². The molecule has 0 fully saturated rings. The molecule has 7 nitrogen and oxygen atoms in total. The van der Waals surface area contributed by atoms with Crippen molar-refractivity contribution in [3.05, 3.63) is 107 Å². The van der Waals surface area contributed by atoms with Crippen LogP contribution >= 0.6 is 24.8 Å². The average Bonchev–Trinajstić information content (AvgIpc) is 2.90. The molecule has 9 heteroatoms. The van der Waals surface area contributed by atoms with Crippen molar-refractivity contribution < 1.29 is 9.59 Å². The van der Waals surface area contributed by atoms with E-state index in [1.807, 2.05) is 48.5 Å². The number of nitrogens with two attached hydrogens (primary N) is 1. The molecule has 0 aliphatic carbocycles. The molecule has 6 N–H and O–H groups in total. The smallest absolute Gasteiger partial charge is 0.242 e. The number of benzene rings is 3. The van der Waals surface area contributed by atoms with Gasteiger partial charge in [-0.3, -0.25) is 15.0 Å². The van der Waals surface area contributed by atoms with Gasteiger partial charge in [0.25, 0.3) is 0 Å². The number of halogens is 2. The van der Waals surface area contributed by atoms with Crippen molar-refractivity contribution in [2.24, 2.45) is 5.73 Å². The van der Waals surface area contributed by atoms with Crippen LogP contribution in [0.4, 0.5) is 0 Å². The molecule has 0 saturated carbocycles. The number of hydrogen-bond donors (Lipinski definition) is 5. The Kier molecular flexibility index (Phi) is 14.8. The highest BCUT2D eigenvalue weighted by atomic mass is 35.5. The van der Waals surface area contributed by atoms with Gasteiger partial charge in [-0.2, -0.15) is 0 Å². The zero-order valence-corrected chi connectivity index (χ0v) is 23.1. The number of nitrogen functional groups attached to an aromatic ring is 1. The zero-order chi connectivity index (χ0) is 25.8. The Labute approximate surface area is 237 Å². The lowest BCUT2D eigenvalue weighted by atomic mass is 10.0. The van der Waals surface area contributed by atoms with Gasteiger partial charge in [-0.25, -0.2) is 0 Å². The van der Waals surface area contributed by atoms with Crippen LogP contribution < -0.4 is 21.7 Å². The van der Waals surface area contributed by atoms with Crippen LogP contribution in [0.1, 0.15) is 35.6 Å². The van der Waals surface area contributed by atoms with Crippen molar-refractivity contribution in [1.29, 1.82) is 5.41 Å². The number of aryl methyl sites for hydroxylation is 1. The molecule has 2 atom stereocenters. The first kappa shape index (κ1) is 32.6. The number of carbonyl (C=O) groups is 2. The van der Waals surface area contributed by atoms with Gasteiger partial charge in [0.1, 0.15) is 11.9 Å². The van der Waals surface area contributed by atoms with Crippen molar-refractivity contribution >= 4 is 42.5 Å². The van der Waals surface area contributed by atoms with E-state index in [1.54, 1.807) is 19.1 Å². The summed E-state index contributed by atoms with van der Waals surface area (Å²) in [5.41, 5.74) is 9.37. The topological polar surface area (TPSA) is 120 Å². The van der Waals surface area contributed by atoms with Gasteiger partial charge in [0.15, 0.2) is 0 Å². The molecule has 0 aromatic heterocycles. The predicted octanol–water partition coefficient (Wildman–Crippen LogP) is 3.77. The Hall–Kier alpha value is -3.39.